The van der Waals surface area contributed by atoms with Gasteiger partial charge in [0.05, 0.1) is 12.1 Å². The number of carbonyl (C=O) groups excluding carboxylic acids is 1. The minimum absolute atomic E-state index is 0.125. The first-order valence-electron chi connectivity index (χ1n) is 5.51. The molecular formula is C12H15ClN2O2. The van der Waals surface area contributed by atoms with Crippen molar-refractivity contribution in [3.63, 3.8) is 0 Å². The number of likely N-dealkylation sites (N-methyl/N-ethyl adjacent to an activating group) is 1. The van der Waals surface area contributed by atoms with Crippen LogP contribution in [0, 0.1) is 0 Å². The van der Waals surface area contributed by atoms with Crippen molar-refractivity contribution in [2.45, 2.75) is 12.1 Å². The van der Waals surface area contributed by atoms with Crippen molar-refractivity contribution < 1.29 is 9.90 Å². The van der Waals surface area contributed by atoms with E-state index in [4.69, 9.17) is 11.6 Å². The van der Waals surface area contributed by atoms with Gasteiger partial charge in [-0.15, -0.1) is 0 Å². The molecule has 5 heteroatoms. The fourth-order valence-corrected chi connectivity index (χ4v) is 2.21. The van der Waals surface area contributed by atoms with Crippen molar-refractivity contribution in [3.05, 3.63) is 34.9 Å². The van der Waals surface area contributed by atoms with Gasteiger partial charge in [0.2, 0.25) is 0 Å². The van der Waals surface area contributed by atoms with Crippen LogP contribution in [0.25, 0.3) is 0 Å². The molecule has 0 spiro atoms. The third-order valence-electron chi connectivity index (χ3n) is 3.04. The Kier molecular flexibility index (Phi) is 3.66. The van der Waals surface area contributed by atoms with Gasteiger partial charge in [-0.3, -0.25) is 4.79 Å². The van der Waals surface area contributed by atoms with Gasteiger partial charge in [-0.05, 0) is 18.2 Å². The number of amides is 1. The van der Waals surface area contributed by atoms with E-state index in [9.17, 15) is 9.90 Å². The number of aliphatic hydroxyl groups is 1. The van der Waals surface area contributed by atoms with Crippen LogP contribution < -0.4 is 5.32 Å². The molecule has 1 amide bonds. The summed E-state index contributed by atoms with van der Waals surface area (Å²) in [6.45, 7) is 1.14. The molecule has 2 N–H and O–H groups in total. The first-order chi connectivity index (χ1) is 8.09. The molecule has 1 aliphatic rings. The Balaban J connectivity index is 2.14. The van der Waals surface area contributed by atoms with Gasteiger partial charge in [-0.2, -0.15) is 0 Å². The summed E-state index contributed by atoms with van der Waals surface area (Å²) in [5.41, 5.74) is 0.541. The van der Waals surface area contributed by atoms with Gasteiger partial charge in [-0.1, -0.05) is 17.7 Å². The Morgan fingerprint density at radius 3 is 2.88 bits per heavy atom. The summed E-state index contributed by atoms with van der Waals surface area (Å²) in [4.78, 5) is 13.7. The molecule has 0 radical (unpaired) electrons. The lowest BCUT2D eigenvalue weighted by atomic mass is 10.1. The smallest absolute Gasteiger partial charge is 0.254 e. The summed E-state index contributed by atoms with van der Waals surface area (Å²) in [6, 6.07) is 6.65. The van der Waals surface area contributed by atoms with Crippen LogP contribution in [0.1, 0.15) is 10.4 Å². The number of hydrogen-bond donors (Lipinski definition) is 2. The number of halogens is 1. The highest BCUT2D eigenvalue weighted by Gasteiger charge is 2.31. The van der Waals surface area contributed by atoms with Crippen LogP contribution in [0.4, 0.5) is 0 Å². The number of benzene rings is 1. The van der Waals surface area contributed by atoms with Gasteiger partial charge in [0.15, 0.2) is 0 Å². The van der Waals surface area contributed by atoms with Gasteiger partial charge >= 0.3 is 0 Å². The lowest BCUT2D eigenvalue weighted by molar-refractivity contribution is 0.0581. The highest BCUT2D eigenvalue weighted by Crippen LogP contribution is 2.15. The molecule has 1 aliphatic heterocycles. The van der Waals surface area contributed by atoms with E-state index in [2.05, 4.69) is 5.32 Å². The Hall–Kier alpha value is -1.10. The molecule has 1 fully saturated rings. The van der Waals surface area contributed by atoms with Crippen molar-refractivity contribution in [2.24, 2.45) is 0 Å². The molecule has 0 aliphatic carbocycles. The van der Waals surface area contributed by atoms with E-state index < -0.39 is 6.10 Å². The lowest BCUT2D eigenvalue weighted by Gasteiger charge is -2.26. The quantitative estimate of drug-likeness (QED) is 0.819. The molecule has 92 valence electrons. The standard InChI is InChI=1S/C12H15ClN2O2/c1-15(10-6-14-7-11(10)16)12(17)8-3-2-4-9(13)5-8/h2-5,10-11,14,16H,6-7H2,1H3/t10-,11-/m1/s1. The van der Waals surface area contributed by atoms with Crippen LogP contribution in [0.3, 0.4) is 0 Å². The maximum absolute atomic E-state index is 12.2. The predicted molar refractivity (Wildman–Crippen MR) is 66.2 cm³/mol. The molecule has 2 atom stereocenters. The first kappa shape index (κ1) is 12.4. The maximum atomic E-state index is 12.2. The van der Waals surface area contributed by atoms with Gasteiger partial charge in [0.25, 0.3) is 5.91 Å². The normalized spacial score (nSPS) is 23.7. The average molecular weight is 255 g/mol. The fraction of sp³-hybridized carbons (Fsp3) is 0.417. The summed E-state index contributed by atoms with van der Waals surface area (Å²) in [7, 11) is 1.70. The van der Waals surface area contributed by atoms with Crippen molar-refractivity contribution in [3.8, 4) is 0 Å². The second-order valence-corrected chi connectivity index (χ2v) is 4.66. The largest absolute Gasteiger partial charge is 0.390 e. The van der Waals surface area contributed by atoms with Crippen LogP contribution in [0.15, 0.2) is 24.3 Å². The van der Waals surface area contributed by atoms with Gasteiger partial charge in [-0.25, -0.2) is 0 Å². The van der Waals surface area contributed by atoms with Gasteiger partial charge in [0, 0.05) is 30.7 Å². The van der Waals surface area contributed by atoms with Crippen LogP contribution in [-0.4, -0.2) is 48.2 Å². The number of β-amino-alcohol motifs (C(OH)–C–C–N with tert-alkyl or cyclic N) is 1. The zero-order valence-corrected chi connectivity index (χ0v) is 10.3. The molecule has 0 saturated carbocycles. The highest BCUT2D eigenvalue weighted by atomic mass is 35.5. The van der Waals surface area contributed by atoms with E-state index in [1.54, 1.807) is 36.2 Å². The average Bonchev–Trinajstić information content (AvgIpc) is 2.73. The lowest BCUT2D eigenvalue weighted by Crippen LogP contribution is -2.44. The molecule has 4 nitrogen and oxygen atoms in total. The number of aliphatic hydroxyl groups excluding tert-OH is 1. The number of nitrogens with one attached hydrogen (secondary N) is 1. The van der Waals surface area contributed by atoms with Gasteiger partial charge in [0.1, 0.15) is 0 Å². The Morgan fingerprint density at radius 2 is 2.29 bits per heavy atom. The summed E-state index contributed by atoms with van der Waals surface area (Å²) >= 11 is 5.85. The molecule has 1 aromatic carbocycles. The summed E-state index contributed by atoms with van der Waals surface area (Å²) in [5, 5.41) is 13.3. The number of hydrogen-bond acceptors (Lipinski definition) is 3. The van der Waals surface area contributed by atoms with Crippen LogP contribution in [-0.2, 0) is 0 Å². The van der Waals surface area contributed by atoms with E-state index in [0.29, 0.717) is 23.7 Å². The second-order valence-electron chi connectivity index (χ2n) is 4.22. The van der Waals surface area contributed by atoms with E-state index in [-0.39, 0.29) is 11.9 Å². The molecule has 1 heterocycles. The SMILES string of the molecule is CN(C(=O)c1cccc(Cl)c1)[C@@H]1CNC[C@H]1O. The van der Waals surface area contributed by atoms with Crippen molar-refractivity contribution in [1.82, 2.24) is 10.2 Å². The van der Waals surface area contributed by atoms with Crippen LogP contribution in [0.2, 0.25) is 5.02 Å². The van der Waals surface area contributed by atoms with Crippen molar-refractivity contribution in [1.29, 1.82) is 0 Å². The monoisotopic (exact) mass is 254 g/mol. The minimum atomic E-state index is -0.511. The molecular weight excluding hydrogens is 240 g/mol. The molecule has 0 bridgehead atoms. The van der Waals surface area contributed by atoms with Crippen molar-refractivity contribution >= 4 is 17.5 Å². The van der Waals surface area contributed by atoms with Crippen LogP contribution in [0.5, 0.6) is 0 Å². The van der Waals surface area contributed by atoms with Gasteiger partial charge < -0.3 is 15.3 Å². The van der Waals surface area contributed by atoms with E-state index in [0.717, 1.165) is 0 Å². The molecule has 0 aromatic heterocycles. The highest BCUT2D eigenvalue weighted by molar-refractivity contribution is 6.30. The first-order valence-corrected chi connectivity index (χ1v) is 5.89. The molecule has 1 aromatic rings. The Labute approximate surface area is 105 Å². The topological polar surface area (TPSA) is 52.6 Å². The maximum Gasteiger partial charge on any atom is 0.254 e. The van der Waals surface area contributed by atoms with Crippen molar-refractivity contribution in [2.75, 3.05) is 20.1 Å². The molecule has 17 heavy (non-hydrogen) atoms. The minimum Gasteiger partial charge on any atom is -0.390 e. The number of nitrogens with zero attached hydrogens (tertiary/aromatic N) is 1. The summed E-state index contributed by atoms with van der Waals surface area (Å²) in [6.07, 6.45) is -0.511. The number of rotatable bonds is 2. The van der Waals surface area contributed by atoms with E-state index in [1.165, 1.54) is 0 Å². The van der Waals surface area contributed by atoms with E-state index >= 15 is 0 Å². The molecule has 0 unspecified atom stereocenters. The Morgan fingerprint density at radius 1 is 1.53 bits per heavy atom. The zero-order chi connectivity index (χ0) is 12.4. The zero-order valence-electron chi connectivity index (χ0n) is 9.56. The van der Waals surface area contributed by atoms with Crippen LogP contribution >= 0.6 is 11.6 Å². The third-order valence-corrected chi connectivity index (χ3v) is 3.28. The molecule has 2 rings (SSSR count). The summed E-state index contributed by atoms with van der Waals surface area (Å²) in [5.74, 6) is -0.125. The second kappa shape index (κ2) is 5.04. The Bertz CT molecular complexity index is 425. The molecule has 1 saturated heterocycles. The number of carbonyl (C=O) groups is 1. The summed E-state index contributed by atoms with van der Waals surface area (Å²) < 4.78 is 0. The van der Waals surface area contributed by atoms with E-state index in [1.807, 2.05) is 0 Å². The predicted octanol–water partition coefficient (Wildman–Crippen LogP) is 0.745. The fourth-order valence-electron chi connectivity index (χ4n) is 2.02. The third kappa shape index (κ3) is 2.60.